The molecular formula is C29H30F6N4O8. The van der Waals surface area contributed by atoms with Crippen LogP contribution >= 0.6 is 0 Å². The van der Waals surface area contributed by atoms with Crippen molar-refractivity contribution in [3.63, 3.8) is 0 Å². The van der Waals surface area contributed by atoms with Crippen molar-refractivity contribution in [3.05, 3.63) is 71.4 Å². The molecule has 5 N–H and O–H groups in total. The Morgan fingerprint density at radius 2 is 1.51 bits per heavy atom. The number of carboxylic acids is 2. The van der Waals surface area contributed by atoms with Crippen LogP contribution in [0.1, 0.15) is 34.5 Å². The summed E-state index contributed by atoms with van der Waals surface area (Å²) in [6.45, 7) is 3.13. The van der Waals surface area contributed by atoms with Crippen LogP contribution in [0.3, 0.4) is 0 Å². The predicted molar refractivity (Wildman–Crippen MR) is 151 cm³/mol. The molecule has 18 heteroatoms. The van der Waals surface area contributed by atoms with Crippen molar-refractivity contribution in [1.29, 1.82) is 0 Å². The molecule has 1 aliphatic rings. The molecule has 47 heavy (non-hydrogen) atoms. The van der Waals surface area contributed by atoms with Crippen molar-refractivity contribution in [3.8, 4) is 5.75 Å². The number of aliphatic carboxylic acids is 2. The molecule has 4 rings (SSSR count). The van der Waals surface area contributed by atoms with Gasteiger partial charge in [-0.3, -0.25) is 24.7 Å². The van der Waals surface area contributed by atoms with E-state index in [2.05, 4.69) is 10.3 Å². The monoisotopic (exact) mass is 676 g/mol. The van der Waals surface area contributed by atoms with Crippen molar-refractivity contribution in [2.24, 2.45) is 5.92 Å². The molecule has 2 atom stereocenters. The van der Waals surface area contributed by atoms with Crippen LogP contribution in [0.25, 0.3) is 10.9 Å². The van der Waals surface area contributed by atoms with Gasteiger partial charge in [0.2, 0.25) is 5.91 Å². The number of amides is 2. The summed E-state index contributed by atoms with van der Waals surface area (Å²) in [5.74, 6) is -5.58. The van der Waals surface area contributed by atoms with Gasteiger partial charge in [-0.05, 0) is 56.8 Å². The second-order valence-corrected chi connectivity index (χ2v) is 10.0. The molecule has 0 saturated carbocycles. The highest BCUT2D eigenvalue weighted by molar-refractivity contribution is 5.94. The largest absolute Gasteiger partial charge is 0.490 e. The van der Waals surface area contributed by atoms with Crippen LogP contribution in [0.5, 0.6) is 5.75 Å². The van der Waals surface area contributed by atoms with Gasteiger partial charge in [0.1, 0.15) is 12.4 Å². The number of para-hydroxylation sites is 1. The molecule has 1 unspecified atom stereocenters. The summed E-state index contributed by atoms with van der Waals surface area (Å²) in [7, 11) is 1.91. The molecule has 1 aromatic heterocycles. The molecule has 2 aromatic carbocycles. The highest BCUT2D eigenvalue weighted by Gasteiger charge is 2.39. The number of aryl methyl sites for hydroxylation is 1. The first kappa shape index (κ1) is 38.2. The van der Waals surface area contributed by atoms with E-state index in [-0.39, 0.29) is 24.4 Å². The van der Waals surface area contributed by atoms with Gasteiger partial charge in [-0.2, -0.15) is 26.3 Å². The van der Waals surface area contributed by atoms with Gasteiger partial charge in [0.15, 0.2) is 0 Å². The number of pyridine rings is 1. The van der Waals surface area contributed by atoms with Crippen molar-refractivity contribution in [2.75, 3.05) is 13.6 Å². The number of carbonyl (C=O) groups excluding carboxylic acids is 2. The Labute approximate surface area is 262 Å². The second-order valence-electron chi connectivity index (χ2n) is 10.0. The zero-order valence-corrected chi connectivity index (χ0v) is 24.7. The number of rotatable bonds is 7. The number of alkyl halides is 6. The average Bonchev–Trinajstić information content (AvgIpc) is 3.33. The van der Waals surface area contributed by atoms with Crippen molar-refractivity contribution >= 4 is 34.7 Å². The molecule has 2 amide bonds. The Bertz CT molecular complexity index is 1530. The number of hydrogen-bond acceptors (Lipinski definition) is 8. The van der Waals surface area contributed by atoms with Crippen LogP contribution in [-0.4, -0.2) is 81.2 Å². The quantitative estimate of drug-likeness (QED) is 0.138. The van der Waals surface area contributed by atoms with Crippen molar-refractivity contribution in [1.82, 2.24) is 20.7 Å². The van der Waals surface area contributed by atoms with E-state index in [0.717, 1.165) is 35.1 Å². The van der Waals surface area contributed by atoms with E-state index >= 15 is 0 Å². The molecular weight excluding hydrogens is 646 g/mol. The van der Waals surface area contributed by atoms with Gasteiger partial charge in [-0.25, -0.2) is 15.1 Å². The Morgan fingerprint density at radius 3 is 2.04 bits per heavy atom. The lowest BCUT2D eigenvalue weighted by molar-refractivity contribution is -0.193. The molecule has 3 aromatic rings. The van der Waals surface area contributed by atoms with Crippen LogP contribution in [0.15, 0.2) is 54.6 Å². The van der Waals surface area contributed by atoms with Gasteiger partial charge >= 0.3 is 24.3 Å². The third kappa shape index (κ3) is 12.0. The van der Waals surface area contributed by atoms with Crippen LogP contribution < -0.4 is 15.5 Å². The number of ether oxygens (including phenoxy) is 1. The molecule has 0 bridgehead atoms. The number of hydrogen-bond donors (Lipinski definition) is 5. The van der Waals surface area contributed by atoms with E-state index in [0.29, 0.717) is 17.9 Å². The Hall–Kier alpha value is -4.97. The molecule has 1 aliphatic heterocycles. The average molecular weight is 677 g/mol. The summed E-state index contributed by atoms with van der Waals surface area (Å²) in [6, 6.07) is 17.0. The lowest BCUT2D eigenvalue weighted by Gasteiger charge is -2.25. The minimum Gasteiger partial charge on any atom is -0.489 e. The van der Waals surface area contributed by atoms with Crippen LogP contribution in [-0.2, 0) is 21.0 Å². The number of fused-ring (bicyclic) bond motifs is 1. The third-order valence-electron chi connectivity index (χ3n) is 6.55. The van der Waals surface area contributed by atoms with E-state index in [1.165, 1.54) is 0 Å². The third-order valence-corrected chi connectivity index (χ3v) is 6.55. The fourth-order valence-corrected chi connectivity index (χ4v) is 4.35. The predicted octanol–water partition coefficient (Wildman–Crippen LogP) is 4.29. The van der Waals surface area contributed by atoms with Crippen molar-refractivity contribution in [2.45, 2.75) is 44.9 Å². The zero-order chi connectivity index (χ0) is 35.5. The zero-order valence-electron chi connectivity index (χ0n) is 24.7. The normalized spacial score (nSPS) is 16.2. The van der Waals surface area contributed by atoms with E-state index in [9.17, 15) is 35.9 Å². The molecule has 0 aliphatic carbocycles. The number of aromatic nitrogens is 1. The summed E-state index contributed by atoms with van der Waals surface area (Å²) in [6.07, 6.45) is -9.51. The maximum absolute atomic E-state index is 12.8. The Kier molecular flexibility index (Phi) is 13.5. The minimum absolute atomic E-state index is 0.0626. The Morgan fingerprint density at radius 1 is 0.957 bits per heavy atom. The van der Waals surface area contributed by atoms with E-state index in [4.69, 9.17) is 29.7 Å². The van der Waals surface area contributed by atoms with E-state index < -0.39 is 30.2 Å². The van der Waals surface area contributed by atoms with Crippen molar-refractivity contribution < 1.29 is 65.7 Å². The number of benzene rings is 2. The van der Waals surface area contributed by atoms with Gasteiger partial charge in [-0.15, -0.1) is 0 Å². The molecule has 0 radical (unpaired) electrons. The summed E-state index contributed by atoms with van der Waals surface area (Å²) in [4.78, 5) is 48.7. The highest BCUT2D eigenvalue weighted by Crippen LogP contribution is 2.25. The molecule has 0 spiro atoms. The second kappa shape index (κ2) is 16.5. The fraction of sp³-hybridized carbons (Fsp3) is 0.345. The van der Waals surface area contributed by atoms with Crippen LogP contribution in [0.4, 0.5) is 26.3 Å². The molecule has 2 heterocycles. The maximum Gasteiger partial charge on any atom is 0.490 e. The molecule has 1 saturated heterocycles. The minimum atomic E-state index is -5.08. The lowest BCUT2D eigenvalue weighted by Crippen LogP contribution is -2.46. The fourth-order valence-electron chi connectivity index (χ4n) is 4.35. The highest BCUT2D eigenvalue weighted by atomic mass is 19.4. The number of carboxylic acid groups (broad SMARTS) is 2. The van der Waals surface area contributed by atoms with Gasteiger partial charge < -0.3 is 20.3 Å². The Balaban J connectivity index is 0.000000459. The standard InChI is InChI=1S/C25H28N4O4.2C2HF3O2/c1-16-13-19(21-5-3-4-6-22(21)26-16)15-33-20-9-7-17(8-10-20)25(31)27-24-18(11-12-29(24)2)14-23(30)28-32;2*3-2(4,5)1(6)7/h3-10,13,18,24,32H,11-12,14-15H2,1-2H3,(H,27,31)(H,28,30);2*(H,6,7)/t18-,24?;;/m0../s1. The summed E-state index contributed by atoms with van der Waals surface area (Å²) in [5.41, 5.74) is 5.11. The molecule has 12 nitrogen and oxygen atoms in total. The van der Waals surface area contributed by atoms with Crippen LogP contribution in [0, 0.1) is 12.8 Å². The summed E-state index contributed by atoms with van der Waals surface area (Å²) < 4.78 is 69.4. The smallest absolute Gasteiger partial charge is 0.489 e. The SMILES string of the molecule is Cc1cc(COc2ccc(C(=O)NC3[C@H](CC(=O)NO)CCN3C)cc2)c2ccccc2n1.O=C(O)C(F)(F)F.O=C(O)C(F)(F)F. The first-order chi connectivity index (χ1) is 21.8. The number of nitrogens with one attached hydrogen (secondary N) is 2. The van der Waals surface area contributed by atoms with Gasteiger partial charge in [-0.1, -0.05) is 18.2 Å². The number of carbonyl (C=O) groups is 4. The molecule has 1 fully saturated rings. The number of hydroxylamine groups is 1. The van der Waals surface area contributed by atoms with E-state index in [1.807, 2.05) is 49.2 Å². The van der Waals surface area contributed by atoms with Crippen LogP contribution in [0.2, 0.25) is 0 Å². The number of nitrogens with zero attached hydrogens (tertiary/aromatic N) is 2. The lowest BCUT2D eigenvalue weighted by atomic mass is 10.0. The first-order valence-corrected chi connectivity index (χ1v) is 13.5. The topological polar surface area (TPSA) is 178 Å². The first-order valence-electron chi connectivity index (χ1n) is 13.5. The van der Waals surface area contributed by atoms with Gasteiger partial charge in [0.05, 0.1) is 11.7 Å². The number of halogens is 6. The van der Waals surface area contributed by atoms with E-state index in [1.54, 1.807) is 29.7 Å². The number of likely N-dealkylation sites (tertiary alicyclic amines) is 1. The summed E-state index contributed by atoms with van der Waals surface area (Å²) in [5, 5.41) is 27.1. The molecule has 256 valence electrons. The maximum atomic E-state index is 12.8. The van der Waals surface area contributed by atoms with Gasteiger partial charge in [0.25, 0.3) is 5.91 Å². The summed E-state index contributed by atoms with van der Waals surface area (Å²) >= 11 is 0. The van der Waals surface area contributed by atoms with Gasteiger partial charge in [0, 0.05) is 41.1 Å².